The molecule has 0 spiro atoms. The first kappa shape index (κ1) is 13.2. The lowest BCUT2D eigenvalue weighted by Crippen LogP contribution is -2.05. The molecule has 100 valence electrons. The molecule has 19 heavy (non-hydrogen) atoms. The van der Waals surface area contributed by atoms with E-state index in [1.54, 1.807) is 6.07 Å². The highest BCUT2D eigenvalue weighted by atomic mass is 32.9. The fourth-order valence-electron chi connectivity index (χ4n) is 2.25. The van der Waals surface area contributed by atoms with E-state index < -0.39 is 10.1 Å². The summed E-state index contributed by atoms with van der Waals surface area (Å²) in [6.45, 7) is 0. The molecule has 3 rings (SSSR count). The average Bonchev–Trinajstić information content (AvgIpc) is 2.87. The summed E-state index contributed by atoms with van der Waals surface area (Å²) in [6, 6.07) is 3.37. The van der Waals surface area contributed by atoms with Crippen LogP contribution in [0.5, 0.6) is 5.75 Å². The zero-order valence-electron chi connectivity index (χ0n) is 9.67. The molecule has 1 aromatic carbocycles. The smallest absolute Gasteiger partial charge is 0.298 e. The Morgan fingerprint density at radius 3 is 2.68 bits per heavy atom. The van der Waals surface area contributed by atoms with Gasteiger partial charge in [0.2, 0.25) is 0 Å². The van der Waals surface area contributed by atoms with Crippen LogP contribution in [0.4, 0.5) is 0 Å². The molecule has 1 N–H and O–H groups in total. The van der Waals surface area contributed by atoms with E-state index in [1.807, 2.05) is 6.07 Å². The van der Waals surface area contributed by atoms with Crippen LogP contribution in [0.15, 0.2) is 17.0 Å². The molecule has 0 aliphatic heterocycles. The Kier molecular flexibility index (Phi) is 3.02. The van der Waals surface area contributed by atoms with Crippen molar-refractivity contribution in [3.8, 4) is 16.2 Å². The summed E-state index contributed by atoms with van der Waals surface area (Å²) in [6.07, 6.45) is 0.426. The molecule has 0 unspecified atom stereocenters. The zero-order chi connectivity index (χ0) is 13.8. The van der Waals surface area contributed by atoms with Crippen molar-refractivity contribution in [2.75, 3.05) is 7.11 Å². The topological polar surface area (TPSA) is 63.6 Å². The van der Waals surface area contributed by atoms with Crippen LogP contribution in [-0.2, 0) is 16.5 Å². The van der Waals surface area contributed by atoms with Gasteiger partial charge in [-0.2, -0.15) is 8.42 Å². The molecule has 0 radical (unpaired) electrons. The van der Waals surface area contributed by atoms with Crippen molar-refractivity contribution in [2.24, 2.45) is 0 Å². The lowest BCUT2D eigenvalue weighted by atomic mass is 10.1. The van der Waals surface area contributed by atoms with E-state index in [4.69, 9.17) is 17.0 Å². The highest BCUT2D eigenvalue weighted by Crippen LogP contribution is 2.47. The first-order valence-corrected chi connectivity index (χ1v) is 9.23. The minimum Gasteiger partial charge on any atom is -0.495 e. The maximum atomic E-state index is 11.6. The number of methoxy groups -OCH3 is 1. The van der Waals surface area contributed by atoms with Crippen LogP contribution in [0.1, 0.15) is 11.1 Å². The van der Waals surface area contributed by atoms with Gasteiger partial charge in [0, 0.05) is 12.0 Å². The van der Waals surface area contributed by atoms with Crippen molar-refractivity contribution in [1.82, 2.24) is 0 Å². The largest absolute Gasteiger partial charge is 0.495 e. The van der Waals surface area contributed by atoms with Gasteiger partial charge in [0.1, 0.15) is 14.5 Å². The number of ether oxygens (including phenoxy) is 1. The summed E-state index contributed by atoms with van der Waals surface area (Å²) >= 11 is 5.24. The van der Waals surface area contributed by atoms with E-state index in [0.29, 0.717) is 12.0 Å². The van der Waals surface area contributed by atoms with Gasteiger partial charge < -0.3 is 4.74 Å². The normalized spacial score (nSPS) is 13.2. The first-order valence-electron chi connectivity index (χ1n) is 5.23. The summed E-state index contributed by atoms with van der Waals surface area (Å²) in [5.41, 5.74) is 2.36. The predicted molar refractivity (Wildman–Crippen MR) is 77.6 cm³/mol. The molecule has 4 nitrogen and oxygen atoms in total. The number of benzene rings is 1. The van der Waals surface area contributed by atoms with Gasteiger partial charge in [0.25, 0.3) is 10.1 Å². The van der Waals surface area contributed by atoms with E-state index in [-0.39, 0.29) is 10.6 Å². The summed E-state index contributed by atoms with van der Waals surface area (Å²) < 4.78 is 38.4. The van der Waals surface area contributed by atoms with Crippen molar-refractivity contribution in [1.29, 1.82) is 0 Å². The molecule has 1 aromatic heterocycles. The molecule has 1 aliphatic rings. The monoisotopic (exact) mass is 332 g/mol. The lowest BCUT2D eigenvalue weighted by Gasteiger charge is -2.10. The quantitative estimate of drug-likeness (QED) is 0.443. The maximum absolute atomic E-state index is 11.6. The van der Waals surface area contributed by atoms with E-state index in [9.17, 15) is 13.0 Å². The van der Waals surface area contributed by atoms with Gasteiger partial charge in [-0.1, -0.05) is 32.9 Å². The third kappa shape index (κ3) is 1.95. The van der Waals surface area contributed by atoms with E-state index >= 15 is 0 Å². The Morgan fingerprint density at radius 1 is 1.32 bits per heavy atom. The van der Waals surface area contributed by atoms with Crippen LogP contribution in [0.2, 0.25) is 0 Å². The molecule has 1 heterocycles. The highest BCUT2D eigenvalue weighted by molar-refractivity contribution is 7.86. The standard InChI is InChI=1S/C11H8O4S4/c1-15-8-3-2-5-6(10(8)19(12,13)14)4-7-9(5)17-18-11(7)16/h2-3H,4H2,1H3,(H,12,13,14). The van der Waals surface area contributed by atoms with Crippen molar-refractivity contribution in [2.45, 2.75) is 11.3 Å². The van der Waals surface area contributed by atoms with Gasteiger partial charge in [-0.15, -0.1) is 0 Å². The fourth-order valence-corrected chi connectivity index (χ4v) is 6.10. The second kappa shape index (κ2) is 4.35. The van der Waals surface area contributed by atoms with Gasteiger partial charge in [-0.25, -0.2) is 0 Å². The van der Waals surface area contributed by atoms with Gasteiger partial charge >= 0.3 is 0 Å². The van der Waals surface area contributed by atoms with Crippen LogP contribution >= 0.6 is 32.9 Å². The minimum absolute atomic E-state index is 0.143. The molecule has 8 heteroatoms. The van der Waals surface area contributed by atoms with Gasteiger partial charge in [0.15, 0.2) is 0 Å². The molecular weight excluding hydrogens is 324 g/mol. The third-order valence-electron chi connectivity index (χ3n) is 3.02. The van der Waals surface area contributed by atoms with Gasteiger partial charge in [-0.3, -0.25) is 4.55 Å². The summed E-state index contributed by atoms with van der Waals surface area (Å²) in [5, 5.41) is 0. The molecule has 0 saturated heterocycles. The Hall–Kier alpha value is -0.800. The predicted octanol–water partition coefficient (Wildman–Crippen LogP) is 3.37. The molecule has 0 amide bonds. The summed E-state index contributed by atoms with van der Waals surface area (Å²) in [5.74, 6) is 0.158. The van der Waals surface area contributed by atoms with Crippen molar-refractivity contribution < 1.29 is 17.7 Å². The van der Waals surface area contributed by atoms with Gasteiger partial charge in [-0.05, 0) is 23.3 Å². The van der Waals surface area contributed by atoms with E-state index in [0.717, 1.165) is 19.8 Å². The van der Waals surface area contributed by atoms with E-state index in [2.05, 4.69) is 0 Å². The van der Waals surface area contributed by atoms with Crippen molar-refractivity contribution in [3.63, 3.8) is 0 Å². The SMILES string of the molecule is COc1ccc2c(c1S(=O)(=O)O)Cc1c-2ssc1=S. The van der Waals surface area contributed by atoms with Crippen LogP contribution in [0.25, 0.3) is 10.4 Å². The van der Waals surface area contributed by atoms with Gasteiger partial charge in [0.05, 0.1) is 12.0 Å². The fraction of sp³-hybridized carbons (Fsp3) is 0.182. The van der Waals surface area contributed by atoms with Crippen LogP contribution in [0.3, 0.4) is 0 Å². The average molecular weight is 332 g/mol. The molecule has 0 fully saturated rings. The van der Waals surface area contributed by atoms with E-state index in [1.165, 1.54) is 27.8 Å². The highest BCUT2D eigenvalue weighted by Gasteiger charge is 2.31. The molecular formula is C11H8O4S4. The minimum atomic E-state index is -4.33. The Morgan fingerprint density at radius 2 is 2.05 bits per heavy atom. The first-order chi connectivity index (χ1) is 8.93. The number of hydrogen-bond donors (Lipinski definition) is 1. The molecule has 1 aliphatic carbocycles. The summed E-state index contributed by atoms with van der Waals surface area (Å²) in [4.78, 5) is 0.854. The lowest BCUT2D eigenvalue weighted by molar-refractivity contribution is 0.396. The second-order valence-electron chi connectivity index (χ2n) is 4.04. The molecule has 2 aromatic rings. The number of rotatable bonds is 2. The summed E-state index contributed by atoms with van der Waals surface area (Å²) in [7, 11) is 0.0878. The maximum Gasteiger partial charge on any atom is 0.298 e. The molecule has 0 atom stereocenters. The van der Waals surface area contributed by atoms with Crippen LogP contribution in [0, 0.1) is 3.82 Å². The Balaban J connectivity index is 2.37. The van der Waals surface area contributed by atoms with Crippen LogP contribution in [-0.4, -0.2) is 20.1 Å². The van der Waals surface area contributed by atoms with Crippen molar-refractivity contribution in [3.05, 3.63) is 27.1 Å². The van der Waals surface area contributed by atoms with Crippen molar-refractivity contribution >= 4 is 43.0 Å². The Bertz CT molecular complexity index is 829. The number of hydrogen-bond acceptors (Lipinski definition) is 6. The van der Waals surface area contributed by atoms with Crippen LogP contribution < -0.4 is 4.74 Å². The second-order valence-corrected chi connectivity index (χ2v) is 8.21. The Labute approximate surface area is 122 Å². The zero-order valence-corrected chi connectivity index (χ0v) is 12.9. The third-order valence-corrected chi connectivity index (χ3v) is 7.16. The number of fused-ring (bicyclic) bond motifs is 3. The molecule has 0 saturated carbocycles. The molecule has 0 bridgehead atoms.